The molecule has 1 saturated carbocycles. The van der Waals surface area contributed by atoms with E-state index in [9.17, 15) is 4.79 Å². The number of halogens is 1. The lowest BCUT2D eigenvalue weighted by molar-refractivity contribution is -0.138. The van der Waals surface area contributed by atoms with Gasteiger partial charge >= 0.3 is 0 Å². The Kier molecular flexibility index (Phi) is 4.76. The summed E-state index contributed by atoms with van der Waals surface area (Å²) < 4.78 is 1.81. The van der Waals surface area contributed by atoms with Crippen LogP contribution in [0.1, 0.15) is 42.9 Å². The summed E-state index contributed by atoms with van der Waals surface area (Å²) in [6.45, 7) is 3.64. The molecule has 1 unspecified atom stereocenters. The van der Waals surface area contributed by atoms with E-state index in [-0.39, 0.29) is 23.8 Å². The number of amides is 1. The SMILES string of the molecule is CC(c1ccccc1Cl)N(C(=O)[C@H]1CNC[C@@H]1c1cnn(C)c1)C1CC1. The molecule has 1 N–H and O–H groups in total. The van der Waals surface area contributed by atoms with Crippen molar-refractivity contribution in [3.8, 4) is 0 Å². The number of hydrogen-bond donors (Lipinski definition) is 1. The summed E-state index contributed by atoms with van der Waals surface area (Å²) in [6, 6.07) is 8.17. The molecule has 0 radical (unpaired) electrons. The second-order valence-corrected chi connectivity index (χ2v) is 7.90. The van der Waals surface area contributed by atoms with Gasteiger partial charge in [-0.3, -0.25) is 9.48 Å². The van der Waals surface area contributed by atoms with E-state index in [0.717, 1.165) is 42.1 Å². The highest BCUT2D eigenvalue weighted by Gasteiger charge is 2.43. The van der Waals surface area contributed by atoms with Crippen LogP contribution in [0.25, 0.3) is 0 Å². The zero-order valence-electron chi connectivity index (χ0n) is 15.2. The molecule has 0 spiro atoms. The van der Waals surface area contributed by atoms with Crippen molar-refractivity contribution < 1.29 is 4.79 Å². The Morgan fingerprint density at radius 3 is 2.77 bits per heavy atom. The monoisotopic (exact) mass is 372 g/mol. The first-order valence-electron chi connectivity index (χ1n) is 9.32. The van der Waals surface area contributed by atoms with Crippen molar-refractivity contribution >= 4 is 17.5 Å². The Balaban J connectivity index is 1.60. The summed E-state index contributed by atoms with van der Waals surface area (Å²) in [7, 11) is 1.92. The number of aromatic nitrogens is 2. The van der Waals surface area contributed by atoms with Crippen LogP contribution in [0, 0.1) is 5.92 Å². The molecule has 1 aliphatic carbocycles. The predicted octanol–water partition coefficient (Wildman–Crippen LogP) is 3.13. The van der Waals surface area contributed by atoms with Crippen LogP contribution in [-0.4, -0.2) is 39.7 Å². The van der Waals surface area contributed by atoms with Crippen LogP contribution in [-0.2, 0) is 11.8 Å². The van der Waals surface area contributed by atoms with Crippen LogP contribution in [0.15, 0.2) is 36.7 Å². The van der Waals surface area contributed by atoms with E-state index < -0.39 is 0 Å². The highest BCUT2D eigenvalue weighted by Crippen LogP contribution is 2.40. The summed E-state index contributed by atoms with van der Waals surface area (Å²) >= 11 is 6.42. The Labute approximate surface area is 159 Å². The topological polar surface area (TPSA) is 50.2 Å². The summed E-state index contributed by atoms with van der Waals surface area (Å²) in [6.07, 6.45) is 6.07. The molecule has 1 aromatic carbocycles. The highest BCUT2D eigenvalue weighted by atomic mass is 35.5. The third-order valence-corrected chi connectivity index (χ3v) is 6.00. The summed E-state index contributed by atoms with van der Waals surface area (Å²) in [5.41, 5.74) is 2.16. The number of carbonyl (C=O) groups excluding carboxylic acids is 1. The number of benzene rings is 1. The molecule has 1 aliphatic heterocycles. The fraction of sp³-hybridized carbons (Fsp3) is 0.500. The molecule has 1 saturated heterocycles. The molecule has 4 rings (SSSR count). The fourth-order valence-electron chi connectivity index (χ4n) is 4.12. The predicted molar refractivity (Wildman–Crippen MR) is 102 cm³/mol. The fourth-order valence-corrected chi connectivity index (χ4v) is 4.41. The zero-order chi connectivity index (χ0) is 18.3. The van der Waals surface area contributed by atoms with Gasteiger partial charge in [0.25, 0.3) is 0 Å². The summed E-state index contributed by atoms with van der Waals surface area (Å²) in [5, 5.41) is 8.42. The van der Waals surface area contributed by atoms with Crippen LogP contribution in [0.5, 0.6) is 0 Å². The largest absolute Gasteiger partial charge is 0.333 e. The molecule has 2 aromatic rings. The molecule has 2 fully saturated rings. The smallest absolute Gasteiger partial charge is 0.228 e. The molecule has 26 heavy (non-hydrogen) atoms. The van der Waals surface area contributed by atoms with Crippen LogP contribution in [0.4, 0.5) is 0 Å². The van der Waals surface area contributed by atoms with Gasteiger partial charge in [-0.15, -0.1) is 0 Å². The van der Waals surface area contributed by atoms with Gasteiger partial charge in [-0.1, -0.05) is 29.8 Å². The Morgan fingerprint density at radius 1 is 1.35 bits per heavy atom. The first-order valence-corrected chi connectivity index (χ1v) is 9.70. The van der Waals surface area contributed by atoms with E-state index in [2.05, 4.69) is 22.2 Å². The number of hydrogen-bond acceptors (Lipinski definition) is 3. The molecule has 1 aromatic heterocycles. The van der Waals surface area contributed by atoms with E-state index >= 15 is 0 Å². The molecule has 3 atom stereocenters. The van der Waals surface area contributed by atoms with Crippen molar-refractivity contribution in [2.24, 2.45) is 13.0 Å². The van der Waals surface area contributed by atoms with Gasteiger partial charge < -0.3 is 10.2 Å². The molecule has 6 heteroatoms. The van der Waals surface area contributed by atoms with Crippen molar-refractivity contribution in [3.05, 3.63) is 52.8 Å². The molecule has 2 heterocycles. The van der Waals surface area contributed by atoms with Crippen molar-refractivity contribution in [1.29, 1.82) is 0 Å². The summed E-state index contributed by atoms with van der Waals surface area (Å²) in [4.78, 5) is 15.6. The van der Waals surface area contributed by atoms with Gasteiger partial charge in [-0.25, -0.2) is 0 Å². The van der Waals surface area contributed by atoms with Gasteiger partial charge in [0.15, 0.2) is 0 Å². The second-order valence-electron chi connectivity index (χ2n) is 7.49. The van der Waals surface area contributed by atoms with E-state index in [1.807, 2.05) is 43.7 Å². The standard InChI is InChI=1S/C20H25ClN4O/c1-13(16-5-3-4-6-19(16)21)25(15-7-8-15)20(26)18-11-22-10-17(18)14-9-23-24(2)12-14/h3-6,9,12-13,15,17-18,22H,7-8,10-11H2,1-2H3/t13?,17-,18+/m1/s1. The van der Waals surface area contributed by atoms with Gasteiger partial charge in [-0.05, 0) is 37.0 Å². The van der Waals surface area contributed by atoms with Crippen LogP contribution in [0.2, 0.25) is 5.02 Å². The van der Waals surface area contributed by atoms with Crippen molar-refractivity contribution in [3.63, 3.8) is 0 Å². The summed E-state index contributed by atoms with van der Waals surface area (Å²) in [5.74, 6) is 0.361. The van der Waals surface area contributed by atoms with Gasteiger partial charge in [0.05, 0.1) is 18.2 Å². The van der Waals surface area contributed by atoms with Crippen molar-refractivity contribution in [2.75, 3.05) is 13.1 Å². The number of aryl methyl sites for hydroxylation is 1. The third kappa shape index (κ3) is 3.26. The number of nitrogens with zero attached hydrogens (tertiary/aromatic N) is 3. The van der Waals surface area contributed by atoms with Gasteiger partial charge in [-0.2, -0.15) is 5.10 Å². The third-order valence-electron chi connectivity index (χ3n) is 5.65. The maximum absolute atomic E-state index is 13.6. The Hall–Kier alpha value is -1.85. The lowest BCUT2D eigenvalue weighted by Gasteiger charge is -2.33. The maximum atomic E-state index is 13.6. The Bertz CT molecular complexity index is 801. The average Bonchev–Trinajstić information content (AvgIpc) is 3.16. The first-order chi connectivity index (χ1) is 12.6. The first kappa shape index (κ1) is 17.6. The minimum atomic E-state index is -0.0512. The van der Waals surface area contributed by atoms with E-state index in [1.165, 1.54) is 0 Å². The zero-order valence-corrected chi connectivity index (χ0v) is 16.0. The average molecular weight is 373 g/mol. The Morgan fingerprint density at radius 2 is 2.12 bits per heavy atom. The maximum Gasteiger partial charge on any atom is 0.228 e. The van der Waals surface area contributed by atoms with Crippen LogP contribution >= 0.6 is 11.6 Å². The van der Waals surface area contributed by atoms with Crippen molar-refractivity contribution in [2.45, 2.75) is 37.8 Å². The minimum absolute atomic E-state index is 0.0150. The van der Waals surface area contributed by atoms with E-state index in [4.69, 9.17) is 11.6 Å². The van der Waals surface area contributed by atoms with Crippen molar-refractivity contribution in [1.82, 2.24) is 20.0 Å². The molecular weight excluding hydrogens is 348 g/mol. The van der Waals surface area contributed by atoms with Gasteiger partial charge in [0.1, 0.15) is 0 Å². The molecule has 5 nitrogen and oxygen atoms in total. The molecular formula is C20H25ClN4O. The number of rotatable bonds is 5. The molecule has 1 amide bonds. The molecule has 0 bridgehead atoms. The van der Waals surface area contributed by atoms with Crippen LogP contribution < -0.4 is 5.32 Å². The molecule has 2 aliphatic rings. The normalized spacial score (nSPS) is 23.8. The minimum Gasteiger partial charge on any atom is -0.333 e. The quantitative estimate of drug-likeness (QED) is 0.877. The van der Waals surface area contributed by atoms with E-state index in [0.29, 0.717) is 6.04 Å². The number of nitrogens with one attached hydrogen (secondary N) is 1. The van der Waals surface area contributed by atoms with Crippen LogP contribution in [0.3, 0.4) is 0 Å². The number of carbonyl (C=O) groups is 1. The highest BCUT2D eigenvalue weighted by molar-refractivity contribution is 6.31. The lowest BCUT2D eigenvalue weighted by atomic mass is 9.89. The van der Waals surface area contributed by atoms with Gasteiger partial charge in [0, 0.05) is 43.3 Å². The van der Waals surface area contributed by atoms with E-state index in [1.54, 1.807) is 4.68 Å². The van der Waals surface area contributed by atoms with Gasteiger partial charge in [0.2, 0.25) is 5.91 Å². The molecule has 138 valence electrons. The lowest BCUT2D eigenvalue weighted by Crippen LogP contribution is -2.41. The second kappa shape index (κ2) is 7.05.